The standard InChI is InChI=1S/C17H16F6N2O2/c1-9-14(26)24-4-2-3-13(24)8-25(9)15(27)10-5-11(16(18,19)20)7-12(6-10)17(21,22)23/h5-7,9,13H,2-4,8H2,1H3/t9-,13-/m1/s1. The molecule has 148 valence electrons. The van der Waals surface area contributed by atoms with E-state index in [1.165, 1.54) is 6.92 Å². The van der Waals surface area contributed by atoms with Crippen LogP contribution in [0.3, 0.4) is 0 Å². The Kier molecular flexibility index (Phi) is 4.63. The van der Waals surface area contributed by atoms with Crippen molar-refractivity contribution < 1.29 is 35.9 Å². The fourth-order valence-corrected chi connectivity index (χ4v) is 3.58. The van der Waals surface area contributed by atoms with Crippen molar-refractivity contribution in [1.29, 1.82) is 0 Å². The van der Waals surface area contributed by atoms with Crippen molar-refractivity contribution in [2.45, 2.75) is 44.2 Å². The maximum Gasteiger partial charge on any atom is 0.416 e. The zero-order valence-corrected chi connectivity index (χ0v) is 14.2. The summed E-state index contributed by atoms with van der Waals surface area (Å²) < 4.78 is 78.0. The van der Waals surface area contributed by atoms with Crippen LogP contribution >= 0.6 is 0 Å². The first-order valence-corrected chi connectivity index (χ1v) is 8.30. The van der Waals surface area contributed by atoms with Gasteiger partial charge in [0.2, 0.25) is 5.91 Å². The molecule has 0 unspecified atom stereocenters. The smallest absolute Gasteiger partial charge is 0.336 e. The number of benzene rings is 1. The van der Waals surface area contributed by atoms with E-state index in [1.54, 1.807) is 4.90 Å². The second-order valence-electron chi connectivity index (χ2n) is 6.76. The number of carbonyl (C=O) groups is 2. The van der Waals surface area contributed by atoms with Gasteiger partial charge in [-0.3, -0.25) is 9.59 Å². The molecule has 0 spiro atoms. The summed E-state index contributed by atoms with van der Waals surface area (Å²) in [6.45, 7) is 2.05. The van der Waals surface area contributed by atoms with E-state index in [4.69, 9.17) is 0 Å². The van der Waals surface area contributed by atoms with Crippen molar-refractivity contribution in [2.75, 3.05) is 13.1 Å². The lowest BCUT2D eigenvalue weighted by atomic mass is 10.0. The minimum Gasteiger partial charge on any atom is -0.336 e. The average Bonchev–Trinajstić information content (AvgIpc) is 3.04. The lowest BCUT2D eigenvalue weighted by Crippen LogP contribution is -2.60. The minimum atomic E-state index is -5.04. The van der Waals surface area contributed by atoms with E-state index in [1.807, 2.05) is 0 Å². The van der Waals surface area contributed by atoms with Crippen molar-refractivity contribution in [1.82, 2.24) is 9.80 Å². The predicted octanol–water partition coefficient (Wildman–Crippen LogP) is 3.56. The Morgan fingerprint density at radius 2 is 1.59 bits per heavy atom. The number of piperazine rings is 1. The third kappa shape index (κ3) is 3.61. The average molecular weight is 394 g/mol. The van der Waals surface area contributed by atoms with Gasteiger partial charge in [0.05, 0.1) is 11.1 Å². The quantitative estimate of drug-likeness (QED) is 0.684. The van der Waals surface area contributed by atoms with Crippen LogP contribution in [-0.4, -0.2) is 46.8 Å². The van der Waals surface area contributed by atoms with Crippen molar-refractivity contribution >= 4 is 11.8 Å². The van der Waals surface area contributed by atoms with Gasteiger partial charge in [-0.05, 0) is 38.0 Å². The van der Waals surface area contributed by atoms with Crippen molar-refractivity contribution in [3.8, 4) is 0 Å². The first-order chi connectivity index (χ1) is 12.4. The number of hydrogen-bond donors (Lipinski definition) is 0. The van der Waals surface area contributed by atoms with Gasteiger partial charge in [0, 0.05) is 24.7 Å². The van der Waals surface area contributed by atoms with Crippen LogP contribution in [0.5, 0.6) is 0 Å². The molecule has 0 saturated carbocycles. The molecule has 0 radical (unpaired) electrons. The van der Waals surface area contributed by atoms with E-state index in [9.17, 15) is 35.9 Å². The van der Waals surface area contributed by atoms with E-state index < -0.39 is 41.0 Å². The molecular weight excluding hydrogens is 378 g/mol. The third-order valence-electron chi connectivity index (χ3n) is 4.99. The fourth-order valence-electron chi connectivity index (χ4n) is 3.58. The first kappa shape index (κ1) is 19.5. The Labute approximate surface area is 150 Å². The van der Waals surface area contributed by atoms with Crippen LogP contribution in [-0.2, 0) is 17.1 Å². The Balaban J connectivity index is 1.99. The Morgan fingerprint density at radius 1 is 1.04 bits per heavy atom. The third-order valence-corrected chi connectivity index (χ3v) is 4.99. The molecule has 0 N–H and O–H groups in total. The molecule has 2 heterocycles. The maximum absolute atomic E-state index is 13.0. The molecular formula is C17H16F6N2O2. The van der Waals surface area contributed by atoms with Crippen LogP contribution in [0.1, 0.15) is 41.3 Å². The topological polar surface area (TPSA) is 40.6 Å². The predicted molar refractivity (Wildman–Crippen MR) is 81.7 cm³/mol. The molecule has 4 nitrogen and oxygen atoms in total. The second kappa shape index (κ2) is 6.42. The Morgan fingerprint density at radius 3 is 2.11 bits per heavy atom. The molecule has 2 aliphatic heterocycles. The molecule has 2 amide bonds. The van der Waals surface area contributed by atoms with Gasteiger partial charge in [-0.15, -0.1) is 0 Å². The Hall–Kier alpha value is -2.26. The molecule has 10 heteroatoms. The monoisotopic (exact) mass is 394 g/mol. The number of amides is 2. The summed E-state index contributed by atoms with van der Waals surface area (Å²) in [5, 5.41) is 0. The van der Waals surface area contributed by atoms with E-state index >= 15 is 0 Å². The molecule has 1 aromatic rings. The van der Waals surface area contributed by atoms with E-state index in [2.05, 4.69) is 0 Å². The summed E-state index contributed by atoms with van der Waals surface area (Å²) >= 11 is 0. The van der Waals surface area contributed by atoms with E-state index in [0.29, 0.717) is 25.1 Å². The highest BCUT2D eigenvalue weighted by molar-refractivity contribution is 5.98. The van der Waals surface area contributed by atoms with Crippen LogP contribution in [0, 0.1) is 0 Å². The van der Waals surface area contributed by atoms with Crippen LogP contribution in [0.2, 0.25) is 0 Å². The van der Waals surface area contributed by atoms with E-state index in [-0.39, 0.29) is 24.6 Å². The van der Waals surface area contributed by atoms with Gasteiger partial charge in [0.1, 0.15) is 6.04 Å². The Bertz CT molecular complexity index is 741. The normalized spacial score (nSPS) is 23.6. The lowest BCUT2D eigenvalue weighted by Gasteiger charge is -2.41. The molecule has 0 aromatic heterocycles. The molecule has 0 bridgehead atoms. The largest absolute Gasteiger partial charge is 0.416 e. The van der Waals surface area contributed by atoms with Gasteiger partial charge >= 0.3 is 12.4 Å². The minimum absolute atomic E-state index is 0.0275. The molecule has 2 saturated heterocycles. The zero-order valence-electron chi connectivity index (χ0n) is 14.2. The van der Waals surface area contributed by atoms with Crippen LogP contribution in [0.25, 0.3) is 0 Å². The van der Waals surface area contributed by atoms with Gasteiger partial charge < -0.3 is 9.80 Å². The summed E-state index contributed by atoms with van der Waals surface area (Å²) in [7, 11) is 0. The number of halogens is 6. The lowest BCUT2D eigenvalue weighted by molar-refractivity contribution is -0.143. The number of alkyl halides is 6. The van der Waals surface area contributed by atoms with Gasteiger partial charge in [-0.2, -0.15) is 26.3 Å². The molecule has 3 rings (SSSR count). The summed E-state index contributed by atoms with van der Waals surface area (Å²) in [6, 6.07) is -0.437. The highest BCUT2D eigenvalue weighted by atomic mass is 19.4. The number of carbonyl (C=O) groups excluding carboxylic acids is 2. The van der Waals surface area contributed by atoms with Gasteiger partial charge in [0.15, 0.2) is 0 Å². The highest BCUT2D eigenvalue weighted by Gasteiger charge is 2.43. The molecule has 2 aliphatic rings. The number of nitrogens with zero attached hydrogens (tertiary/aromatic N) is 2. The molecule has 2 atom stereocenters. The second-order valence-corrected chi connectivity index (χ2v) is 6.76. The highest BCUT2D eigenvalue weighted by Crippen LogP contribution is 2.37. The van der Waals surface area contributed by atoms with E-state index in [0.717, 1.165) is 11.3 Å². The van der Waals surface area contributed by atoms with Crippen molar-refractivity contribution in [3.63, 3.8) is 0 Å². The summed E-state index contributed by atoms with van der Waals surface area (Å²) in [5.74, 6) is -1.36. The van der Waals surface area contributed by atoms with Crippen LogP contribution in [0.15, 0.2) is 18.2 Å². The summed E-state index contributed by atoms with van der Waals surface area (Å²) in [5.41, 5.74) is -3.85. The van der Waals surface area contributed by atoms with Gasteiger partial charge in [-0.25, -0.2) is 0 Å². The molecule has 2 fully saturated rings. The molecule has 27 heavy (non-hydrogen) atoms. The number of hydrogen-bond acceptors (Lipinski definition) is 2. The van der Waals surface area contributed by atoms with Gasteiger partial charge in [-0.1, -0.05) is 0 Å². The van der Waals surface area contributed by atoms with Gasteiger partial charge in [0.25, 0.3) is 5.91 Å². The number of rotatable bonds is 1. The van der Waals surface area contributed by atoms with Crippen molar-refractivity contribution in [2.24, 2.45) is 0 Å². The number of fused-ring (bicyclic) bond motifs is 1. The zero-order chi connectivity index (χ0) is 20.1. The van der Waals surface area contributed by atoms with Crippen LogP contribution < -0.4 is 0 Å². The maximum atomic E-state index is 13.0. The summed E-state index contributed by atoms with van der Waals surface area (Å²) in [6.07, 6.45) is -8.70. The summed E-state index contributed by atoms with van der Waals surface area (Å²) in [4.78, 5) is 27.8. The fraction of sp³-hybridized carbons (Fsp3) is 0.529. The van der Waals surface area contributed by atoms with Crippen LogP contribution in [0.4, 0.5) is 26.3 Å². The van der Waals surface area contributed by atoms with Crippen molar-refractivity contribution in [3.05, 3.63) is 34.9 Å². The molecule has 1 aromatic carbocycles. The molecule has 0 aliphatic carbocycles. The first-order valence-electron chi connectivity index (χ1n) is 8.30. The SMILES string of the molecule is C[C@@H]1C(=O)N2CCC[C@@H]2CN1C(=O)c1cc(C(F)(F)F)cc(C(F)(F)F)c1.